The van der Waals surface area contributed by atoms with Crippen LogP contribution in [0.15, 0.2) is 18.2 Å². The average molecular weight is 290 g/mol. The van der Waals surface area contributed by atoms with Crippen LogP contribution < -0.4 is 4.90 Å². The second kappa shape index (κ2) is 6.02. The van der Waals surface area contributed by atoms with E-state index in [1.165, 1.54) is 12.8 Å². The molecule has 0 amide bonds. The number of benzene rings is 1. The van der Waals surface area contributed by atoms with Crippen LogP contribution in [-0.2, 0) is 4.74 Å². The molecule has 3 rings (SSSR count). The number of nitro benzene ring substituents is 1. The van der Waals surface area contributed by atoms with Crippen LogP contribution in [0.1, 0.15) is 31.2 Å². The highest BCUT2D eigenvalue weighted by Crippen LogP contribution is 2.36. The first-order chi connectivity index (χ1) is 10.2. The number of hydrogen-bond donors (Lipinski definition) is 0. The normalized spacial score (nSPS) is 23.5. The van der Waals surface area contributed by atoms with Crippen LogP contribution >= 0.6 is 0 Å². The van der Waals surface area contributed by atoms with Gasteiger partial charge in [0.2, 0.25) is 0 Å². The van der Waals surface area contributed by atoms with E-state index in [9.17, 15) is 10.1 Å². The third-order valence-electron chi connectivity index (χ3n) is 4.76. The fourth-order valence-corrected chi connectivity index (χ4v) is 3.67. The molecule has 21 heavy (non-hydrogen) atoms. The molecule has 0 aromatic heterocycles. The van der Waals surface area contributed by atoms with E-state index in [-0.39, 0.29) is 10.6 Å². The first-order valence-corrected chi connectivity index (χ1v) is 7.77. The number of rotatable bonds is 3. The Balaban J connectivity index is 1.73. The van der Waals surface area contributed by atoms with Gasteiger partial charge in [-0.15, -0.1) is 0 Å². The Morgan fingerprint density at radius 1 is 1.29 bits per heavy atom. The third kappa shape index (κ3) is 2.88. The summed E-state index contributed by atoms with van der Waals surface area (Å²) in [7, 11) is 0. The SMILES string of the molecule is Cc1cccc([N+](=O)[O-])c1N1CCC(C2CCCO2)CC1. The van der Waals surface area contributed by atoms with Crippen molar-refractivity contribution in [2.45, 2.75) is 38.7 Å². The molecule has 2 aliphatic rings. The summed E-state index contributed by atoms with van der Waals surface area (Å²) in [5.41, 5.74) is 2.01. The van der Waals surface area contributed by atoms with Gasteiger partial charge in [-0.1, -0.05) is 12.1 Å². The van der Waals surface area contributed by atoms with Crippen molar-refractivity contribution >= 4 is 11.4 Å². The molecule has 2 saturated heterocycles. The molecule has 1 aromatic rings. The number of aryl methyl sites for hydroxylation is 1. The van der Waals surface area contributed by atoms with Crippen molar-refractivity contribution in [1.29, 1.82) is 0 Å². The van der Waals surface area contributed by atoms with E-state index in [1.807, 2.05) is 13.0 Å². The van der Waals surface area contributed by atoms with Gasteiger partial charge in [-0.25, -0.2) is 0 Å². The highest BCUT2D eigenvalue weighted by molar-refractivity contribution is 5.67. The molecule has 5 nitrogen and oxygen atoms in total. The summed E-state index contributed by atoms with van der Waals surface area (Å²) in [6.45, 7) is 4.62. The molecule has 0 N–H and O–H groups in total. The first kappa shape index (κ1) is 14.3. The van der Waals surface area contributed by atoms with Crippen LogP contribution in [0.25, 0.3) is 0 Å². The Kier molecular flexibility index (Phi) is 4.10. The number of piperidine rings is 1. The second-order valence-corrected chi connectivity index (χ2v) is 6.08. The van der Waals surface area contributed by atoms with E-state index < -0.39 is 0 Å². The predicted molar refractivity (Wildman–Crippen MR) is 81.7 cm³/mol. The van der Waals surface area contributed by atoms with Gasteiger partial charge in [0.1, 0.15) is 5.69 Å². The van der Waals surface area contributed by atoms with E-state index in [1.54, 1.807) is 12.1 Å². The molecule has 0 saturated carbocycles. The van der Waals surface area contributed by atoms with Crippen LogP contribution in [0.2, 0.25) is 0 Å². The van der Waals surface area contributed by atoms with Crippen molar-refractivity contribution in [3.63, 3.8) is 0 Å². The largest absolute Gasteiger partial charge is 0.378 e. The Bertz CT molecular complexity index is 518. The molecule has 1 atom stereocenters. The Hall–Kier alpha value is -1.62. The fourth-order valence-electron chi connectivity index (χ4n) is 3.67. The lowest BCUT2D eigenvalue weighted by molar-refractivity contribution is -0.384. The molecular weight excluding hydrogens is 268 g/mol. The number of para-hydroxylation sites is 1. The maximum atomic E-state index is 11.2. The monoisotopic (exact) mass is 290 g/mol. The number of anilines is 1. The minimum Gasteiger partial charge on any atom is -0.378 e. The standard InChI is InChI=1S/C16H22N2O3/c1-12-4-2-5-14(18(19)20)16(12)17-9-7-13(8-10-17)15-6-3-11-21-15/h2,4-5,13,15H,3,6-11H2,1H3. The second-order valence-electron chi connectivity index (χ2n) is 6.08. The summed E-state index contributed by atoms with van der Waals surface area (Å²) in [6.07, 6.45) is 4.90. The van der Waals surface area contributed by atoms with Gasteiger partial charge in [0.15, 0.2) is 0 Å². The molecule has 0 aliphatic carbocycles. The molecular formula is C16H22N2O3. The minimum atomic E-state index is -0.269. The molecule has 5 heteroatoms. The lowest BCUT2D eigenvalue weighted by Crippen LogP contribution is -2.38. The molecule has 1 aromatic carbocycles. The van der Waals surface area contributed by atoms with Crippen molar-refractivity contribution in [3.8, 4) is 0 Å². The van der Waals surface area contributed by atoms with Gasteiger partial charge in [0.25, 0.3) is 5.69 Å². The zero-order valence-electron chi connectivity index (χ0n) is 12.5. The lowest BCUT2D eigenvalue weighted by atomic mass is 9.89. The molecule has 1 unspecified atom stereocenters. The zero-order valence-corrected chi connectivity index (χ0v) is 12.5. The van der Waals surface area contributed by atoms with E-state index in [2.05, 4.69) is 4.90 Å². The first-order valence-electron chi connectivity index (χ1n) is 7.77. The van der Waals surface area contributed by atoms with Crippen LogP contribution in [0.3, 0.4) is 0 Å². The van der Waals surface area contributed by atoms with E-state index in [0.717, 1.165) is 43.8 Å². The van der Waals surface area contributed by atoms with E-state index >= 15 is 0 Å². The summed E-state index contributed by atoms with van der Waals surface area (Å²) in [5, 5.41) is 11.2. The zero-order chi connectivity index (χ0) is 14.8. The maximum absolute atomic E-state index is 11.2. The van der Waals surface area contributed by atoms with Gasteiger partial charge < -0.3 is 9.64 Å². The summed E-state index contributed by atoms with van der Waals surface area (Å²) >= 11 is 0. The lowest BCUT2D eigenvalue weighted by Gasteiger charge is -2.36. The predicted octanol–water partition coefficient (Wildman–Crippen LogP) is 3.30. The van der Waals surface area contributed by atoms with Crippen LogP contribution in [0.5, 0.6) is 0 Å². The fraction of sp³-hybridized carbons (Fsp3) is 0.625. The van der Waals surface area contributed by atoms with Gasteiger partial charge in [-0.3, -0.25) is 10.1 Å². The smallest absolute Gasteiger partial charge is 0.292 e. The van der Waals surface area contributed by atoms with Gasteiger partial charge in [-0.2, -0.15) is 0 Å². The van der Waals surface area contributed by atoms with E-state index in [4.69, 9.17) is 4.74 Å². The summed E-state index contributed by atoms with van der Waals surface area (Å²) in [5.74, 6) is 0.617. The van der Waals surface area contributed by atoms with Gasteiger partial charge >= 0.3 is 0 Å². The topological polar surface area (TPSA) is 55.6 Å². The van der Waals surface area contributed by atoms with Crippen LogP contribution in [0.4, 0.5) is 11.4 Å². The number of ether oxygens (including phenoxy) is 1. The summed E-state index contributed by atoms with van der Waals surface area (Å²) in [4.78, 5) is 13.2. The van der Waals surface area contributed by atoms with Crippen molar-refractivity contribution in [2.75, 3.05) is 24.6 Å². The van der Waals surface area contributed by atoms with E-state index in [0.29, 0.717) is 12.0 Å². The number of nitro groups is 1. The minimum absolute atomic E-state index is 0.227. The van der Waals surface area contributed by atoms with Crippen molar-refractivity contribution in [3.05, 3.63) is 33.9 Å². The Labute approximate surface area is 125 Å². The maximum Gasteiger partial charge on any atom is 0.292 e. The highest BCUT2D eigenvalue weighted by atomic mass is 16.6. The highest BCUT2D eigenvalue weighted by Gasteiger charge is 2.31. The van der Waals surface area contributed by atoms with Crippen LogP contribution in [-0.4, -0.2) is 30.7 Å². The van der Waals surface area contributed by atoms with Crippen molar-refractivity contribution < 1.29 is 9.66 Å². The quantitative estimate of drug-likeness (QED) is 0.633. The number of hydrogen-bond acceptors (Lipinski definition) is 4. The van der Waals surface area contributed by atoms with Gasteiger partial charge in [0.05, 0.1) is 11.0 Å². The molecule has 2 heterocycles. The van der Waals surface area contributed by atoms with Gasteiger partial charge in [-0.05, 0) is 44.1 Å². The molecule has 2 aliphatic heterocycles. The number of nitrogens with zero attached hydrogens (tertiary/aromatic N) is 2. The van der Waals surface area contributed by atoms with Crippen LogP contribution in [0, 0.1) is 23.0 Å². The Morgan fingerprint density at radius 3 is 2.67 bits per heavy atom. The summed E-state index contributed by atoms with van der Waals surface area (Å²) in [6, 6.07) is 5.32. The molecule has 2 fully saturated rings. The molecule has 0 radical (unpaired) electrons. The van der Waals surface area contributed by atoms with Crippen molar-refractivity contribution in [2.24, 2.45) is 5.92 Å². The molecule has 0 spiro atoms. The molecule has 114 valence electrons. The molecule has 0 bridgehead atoms. The average Bonchev–Trinajstić information content (AvgIpc) is 3.01. The van der Waals surface area contributed by atoms with Crippen molar-refractivity contribution in [1.82, 2.24) is 0 Å². The Morgan fingerprint density at radius 2 is 2.05 bits per heavy atom. The summed E-state index contributed by atoms with van der Waals surface area (Å²) < 4.78 is 5.79. The van der Waals surface area contributed by atoms with Gasteiger partial charge in [0, 0.05) is 25.8 Å². The third-order valence-corrected chi connectivity index (χ3v) is 4.76.